The first-order chi connectivity index (χ1) is 33.5. The van der Waals surface area contributed by atoms with Crippen molar-refractivity contribution >= 4 is 17.9 Å². The second-order valence-corrected chi connectivity index (χ2v) is 20.3. The average molecular weight is 956 g/mol. The van der Waals surface area contributed by atoms with E-state index >= 15 is 0 Å². The summed E-state index contributed by atoms with van der Waals surface area (Å²) in [4.78, 5) is 38.1. The molecule has 6 nitrogen and oxygen atoms in total. The highest BCUT2D eigenvalue weighted by Crippen LogP contribution is 2.17. The molecule has 68 heavy (non-hydrogen) atoms. The van der Waals surface area contributed by atoms with Gasteiger partial charge in [0.25, 0.3) is 0 Å². The Balaban J connectivity index is 4.25. The summed E-state index contributed by atoms with van der Waals surface area (Å²) in [6.07, 6.45) is 68.6. The van der Waals surface area contributed by atoms with E-state index in [-0.39, 0.29) is 31.1 Å². The summed E-state index contributed by atoms with van der Waals surface area (Å²) in [6, 6.07) is 0. The number of carbonyl (C=O) groups is 3. The van der Waals surface area contributed by atoms with Gasteiger partial charge in [0.05, 0.1) is 0 Å². The van der Waals surface area contributed by atoms with Crippen molar-refractivity contribution in [2.75, 3.05) is 13.2 Å². The third kappa shape index (κ3) is 54.6. The van der Waals surface area contributed by atoms with Crippen molar-refractivity contribution in [2.45, 2.75) is 329 Å². The molecular formula is C62H114O6. The molecule has 0 amide bonds. The monoisotopic (exact) mass is 955 g/mol. The van der Waals surface area contributed by atoms with Crippen molar-refractivity contribution in [3.05, 3.63) is 36.5 Å². The minimum Gasteiger partial charge on any atom is -0.462 e. The zero-order chi connectivity index (χ0) is 49.3. The van der Waals surface area contributed by atoms with E-state index in [4.69, 9.17) is 14.2 Å². The molecule has 0 aliphatic rings. The van der Waals surface area contributed by atoms with Crippen LogP contribution in [0.5, 0.6) is 0 Å². The summed E-state index contributed by atoms with van der Waals surface area (Å²) in [5.41, 5.74) is 0. The lowest BCUT2D eigenvalue weighted by Gasteiger charge is -2.18. The van der Waals surface area contributed by atoms with E-state index in [2.05, 4.69) is 57.2 Å². The highest BCUT2D eigenvalue weighted by Gasteiger charge is 2.19. The molecule has 0 aromatic rings. The van der Waals surface area contributed by atoms with Gasteiger partial charge < -0.3 is 14.2 Å². The Bertz CT molecular complexity index is 1140. The molecule has 0 aromatic carbocycles. The van der Waals surface area contributed by atoms with Crippen molar-refractivity contribution in [2.24, 2.45) is 0 Å². The molecule has 1 atom stereocenters. The van der Waals surface area contributed by atoms with Gasteiger partial charge in [-0.3, -0.25) is 14.4 Å². The van der Waals surface area contributed by atoms with E-state index in [1.165, 1.54) is 205 Å². The van der Waals surface area contributed by atoms with Crippen LogP contribution in [0.2, 0.25) is 0 Å². The zero-order valence-corrected chi connectivity index (χ0v) is 45.6. The van der Waals surface area contributed by atoms with Crippen LogP contribution >= 0.6 is 0 Å². The number of carbonyl (C=O) groups excluding carboxylic acids is 3. The highest BCUT2D eigenvalue weighted by molar-refractivity contribution is 5.71. The number of allylic oxidation sites excluding steroid dienone is 6. The lowest BCUT2D eigenvalue weighted by molar-refractivity contribution is -0.167. The number of hydrogen-bond donors (Lipinski definition) is 0. The molecule has 1 unspecified atom stereocenters. The summed E-state index contributed by atoms with van der Waals surface area (Å²) in [5.74, 6) is -0.875. The van der Waals surface area contributed by atoms with E-state index in [9.17, 15) is 14.4 Å². The van der Waals surface area contributed by atoms with Crippen molar-refractivity contribution in [3.8, 4) is 0 Å². The molecule has 0 radical (unpaired) electrons. The molecule has 0 heterocycles. The van der Waals surface area contributed by atoms with Gasteiger partial charge in [-0.15, -0.1) is 0 Å². The topological polar surface area (TPSA) is 78.9 Å². The molecule has 0 spiro atoms. The fourth-order valence-corrected chi connectivity index (χ4v) is 8.81. The minimum atomic E-state index is -0.777. The predicted octanol–water partition coefficient (Wildman–Crippen LogP) is 20.0. The van der Waals surface area contributed by atoms with Gasteiger partial charge in [0.1, 0.15) is 13.2 Å². The molecular weight excluding hydrogens is 841 g/mol. The fourth-order valence-electron chi connectivity index (χ4n) is 8.81. The number of esters is 3. The molecule has 0 saturated carbocycles. The molecule has 0 fully saturated rings. The lowest BCUT2D eigenvalue weighted by Crippen LogP contribution is -2.30. The smallest absolute Gasteiger partial charge is 0.306 e. The van der Waals surface area contributed by atoms with Gasteiger partial charge in [-0.25, -0.2) is 0 Å². The quantitative estimate of drug-likeness (QED) is 0.0262. The number of ether oxygens (including phenoxy) is 3. The van der Waals surface area contributed by atoms with Gasteiger partial charge in [0.2, 0.25) is 0 Å². The summed E-state index contributed by atoms with van der Waals surface area (Å²) in [7, 11) is 0. The Morgan fingerprint density at radius 3 is 0.897 bits per heavy atom. The summed E-state index contributed by atoms with van der Waals surface area (Å²) < 4.78 is 16.9. The zero-order valence-electron chi connectivity index (χ0n) is 45.6. The van der Waals surface area contributed by atoms with Crippen molar-refractivity contribution in [1.82, 2.24) is 0 Å². The minimum absolute atomic E-state index is 0.0744. The third-order valence-corrected chi connectivity index (χ3v) is 13.4. The highest BCUT2D eigenvalue weighted by atomic mass is 16.6. The number of rotatable bonds is 55. The van der Waals surface area contributed by atoms with Gasteiger partial charge in [0, 0.05) is 19.3 Å². The van der Waals surface area contributed by atoms with Gasteiger partial charge in [-0.2, -0.15) is 0 Å². The molecule has 398 valence electrons. The first-order valence-electron chi connectivity index (χ1n) is 30.0. The van der Waals surface area contributed by atoms with Crippen LogP contribution in [0.3, 0.4) is 0 Å². The molecule has 0 N–H and O–H groups in total. The third-order valence-electron chi connectivity index (χ3n) is 13.4. The second kappa shape index (κ2) is 57.2. The van der Waals surface area contributed by atoms with Crippen LogP contribution in [-0.2, 0) is 28.6 Å². The maximum absolute atomic E-state index is 12.8. The molecule has 0 bridgehead atoms. The van der Waals surface area contributed by atoms with Gasteiger partial charge in [0.15, 0.2) is 6.10 Å². The van der Waals surface area contributed by atoms with E-state index < -0.39 is 6.10 Å². The Kier molecular flexibility index (Phi) is 55.2. The SMILES string of the molecule is CCCC/C=C\CCCCCCCC(=O)OCC(COC(=O)CCCCCCCCCCCCCCCCCCCCCCCC)OC(=O)CCCCCCCCC/C=C\C/C=C\CCCCC. The fraction of sp³-hybridized carbons (Fsp3) is 0.855. The second-order valence-electron chi connectivity index (χ2n) is 20.3. The van der Waals surface area contributed by atoms with E-state index in [1.807, 2.05) is 0 Å². The number of hydrogen-bond acceptors (Lipinski definition) is 6. The summed E-state index contributed by atoms with van der Waals surface area (Å²) in [5, 5.41) is 0. The van der Waals surface area contributed by atoms with Crippen LogP contribution in [-0.4, -0.2) is 37.2 Å². The van der Waals surface area contributed by atoms with Gasteiger partial charge in [-0.05, 0) is 70.6 Å². The maximum atomic E-state index is 12.8. The van der Waals surface area contributed by atoms with Crippen LogP contribution in [0, 0.1) is 0 Å². The van der Waals surface area contributed by atoms with Gasteiger partial charge in [-0.1, -0.05) is 269 Å². The maximum Gasteiger partial charge on any atom is 0.306 e. The van der Waals surface area contributed by atoms with Crippen LogP contribution in [0.4, 0.5) is 0 Å². The van der Waals surface area contributed by atoms with Gasteiger partial charge >= 0.3 is 17.9 Å². The van der Waals surface area contributed by atoms with E-state index in [0.717, 1.165) is 77.0 Å². The lowest BCUT2D eigenvalue weighted by atomic mass is 10.0. The van der Waals surface area contributed by atoms with E-state index in [1.54, 1.807) is 0 Å². The molecule has 0 aromatic heterocycles. The van der Waals surface area contributed by atoms with Crippen molar-refractivity contribution in [1.29, 1.82) is 0 Å². The first-order valence-corrected chi connectivity index (χ1v) is 30.0. The van der Waals surface area contributed by atoms with Crippen LogP contribution < -0.4 is 0 Å². The average Bonchev–Trinajstić information content (AvgIpc) is 3.34. The summed E-state index contributed by atoms with van der Waals surface area (Å²) in [6.45, 7) is 6.61. The largest absolute Gasteiger partial charge is 0.462 e. The first kappa shape index (κ1) is 65.6. The Hall–Kier alpha value is -2.37. The number of unbranched alkanes of at least 4 members (excludes halogenated alkanes) is 38. The van der Waals surface area contributed by atoms with Crippen molar-refractivity contribution < 1.29 is 28.6 Å². The normalized spacial score (nSPS) is 12.2. The molecule has 0 rings (SSSR count). The van der Waals surface area contributed by atoms with Crippen LogP contribution in [0.1, 0.15) is 323 Å². The predicted molar refractivity (Wildman–Crippen MR) is 293 cm³/mol. The molecule has 6 heteroatoms. The standard InChI is InChI=1S/C62H114O6/c1-4-7-10-13-16-19-22-24-26-28-29-30-31-32-34-35-37-40-43-46-49-52-55-61(64)67-58-59(57-66-60(63)54-51-48-45-42-39-21-18-15-12-9-6-3)68-62(65)56-53-50-47-44-41-38-36-33-27-25-23-20-17-14-11-8-5-2/h15,17-18,20,25,27,59H,4-14,16,19,21-24,26,28-58H2,1-3H3/b18-15-,20-17-,27-25-. The Morgan fingerprint density at radius 2 is 0.544 bits per heavy atom. The van der Waals surface area contributed by atoms with Crippen LogP contribution in [0.25, 0.3) is 0 Å². The van der Waals surface area contributed by atoms with Crippen LogP contribution in [0.15, 0.2) is 36.5 Å². The molecule has 0 aliphatic carbocycles. The molecule has 0 saturated heterocycles. The Labute approximate surface area is 423 Å². The Morgan fingerprint density at radius 1 is 0.294 bits per heavy atom. The van der Waals surface area contributed by atoms with Crippen molar-refractivity contribution in [3.63, 3.8) is 0 Å². The summed E-state index contributed by atoms with van der Waals surface area (Å²) >= 11 is 0. The van der Waals surface area contributed by atoms with E-state index in [0.29, 0.717) is 19.3 Å². The molecule has 0 aliphatic heterocycles.